The third kappa shape index (κ3) is 6.05. The fraction of sp³-hybridized carbons (Fsp3) is 0.656. The molecule has 5 fully saturated rings. The van der Waals surface area contributed by atoms with Crippen LogP contribution < -0.4 is 9.80 Å². The Balaban J connectivity index is 1.02. The first kappa shape index (κ1) is 29.8. The van der Waals surface area contributed by atoms with E-state index < -0.39 is 11.3 Å². The van der Waals surface area contributed by atoms with Crippen LogP contribution in [0.15, 0.2) is 30.7 Å². The van der Waals surface area contributed by atoms with Crippen molar-refractivity contribution in [1.29, 1.82) is 0 Å². The molecule has 3 aliphatic carbocycles. The number of hydrogen-bond acceptors (Lipinski definition) is 10. The molecule has 3 aromatic heterocycles. The summed E-state index contributed by atoms with van der Waals surface area (Å²) in [4.78, 5) is 28.9. The van der Waals surface area contributed by atoms with Crippen molar-refractivity contribution in [3.63, 3.8) is 0 Å². The van der Waals surface area contributed by atoms with Gasteiger partial charge in [0.25, 0.3) is 0 Å². The first-order valence-electron chi connectivity index (χ1n) is 16.2. The predicted molar refractivity (Wildman–Crippen MR) is 167 cm³/mol. The molecule has 12 nitrogen and oxygen atoms in total. The van der Waals surface area contributed by atoms with E-state index in [1.165, 1.54) is 12.8 Å². The average molecular weight is 619 g/mol. The zero-order valence-corrected chi connectivity index (χ0v) is 26.7. The molecule has 240 valence electrons. The van der Waals surface area contributed by atoms with Gasteiger partial charge in [-0.25, -0.2) is 18.9 Å². The minimum Gasteiger partial charge on any atom is -0.444 e. The second-order valence-corrected chi connectivity index (χ2v) is 14.6. The molecule has 45 heavy (non-hydrogen) atoms. The van der Waals surface area contributed by atoms with Crippen molar-refractivity contribution in [3.8, 4) is 11.4 Å². The van der Waals surface area contributed by atoms with Gasteiger partial charge in [-0.1, -0.05) is 5.21 Å². The van der Waals surface area contributed by atoms with Crippen molar-refractivity contribution in [1.82, 2.24) is 40.1 Å². The molecule has 0 aromatic carbocycles. The van der Waals surface area contributed by atoms with Crippen LogP contribution in [0.1, 0.15) is 84.4 Å². The molecule has 5 heterocycles. The van der Waals surface area contributed by atoms with Crippen LogP contribution in [0, 0.1) is 5.41 Å². The van der Waals surface area contributed by atoms with E-state index in [9.17, 15) is 9.18 Å². The molecule has 5 aliphatic rings. The standard InChI is InChI=1S/C32H43FN10O2/c1-22(43-17-26(37-39-43)25-14-34-15-28(35-25)40-11-5-6-12-40)24-9-10-27(38-36-24)41-13-7-8-23(16-41)42(29(44)45-30(2,3)4)21-31-18-32(33,19-31)20-31/h9-10,14-15,17,22-23H,5-8,11-13,16,18-21H2,1-4H3/t22?,23-,31?,32?/m1/s1. The number of rotatable bonds is 8. The number of amides is 1. The molecular weight excluding hydrogens is 575 g/mol. The second-order valence-electron chi connectivity index (χ2n) is 14.6. The highest BCUT2D eigenvalue weighted by Gasteiger charge is 2.69. The van der Waals surface area contributed by atoms with Gasteiger partial charge in [0.1, 0.15) is 28.5 Å². The van der Waals surface area contributed by atoms with Crippen molar-refractivity contribution in [2.45, 2.75) is 96.0 Å². The predicted octanol–water partition coefficient (Wildman–Crippen LogP) is 4.83. The summed E-state index contributed by atoms with van der Waals surface area (Å²) in [5, 5.41) is 17.9. The van der Waals surface area contributed by atoms with E-state index in [0.29, 0.717) is 43.7 Å². The van der Waals surface area contributed by atoms with Gasteiger partial charge in [0.05, 0.1) is 36.4 Å². The molecule has 3 aromatic rings. The lowest BCUT2D eigenvalue weighted by atomic mass is 9.42. The Labute approximate surface area is 263 Å². The van der Waals surface area contributed by atoms with Crippen molar-refractivity contribution in [2.75, 3.05) is 42.5 Å². The van der Waals surface area contributed by atoms with Crippen molar-refractivity contribution < 1.29 is 13.9 Å². The van der Waals surface area contributed by atoms with Crippen molar-refractivity contribution in [3.05, 3.63) is 36.4 Å². The minimum absolute atomic E-state index is 0.0424. The van der Waals surface area contributed by atoms with Gasteiger partial charge in [0.2, 0.25) is 0 Å². The number of piperidine rings is 1. The Bertz CT molecular complexity index is 1510. The highest BCUT2D eigenvalue weighted by molar-refractivity contribution is 5.69. The zero-order valence-electron chi connectivity index (χ0n) is 26.7. The smallest absolute Gasteiger partial charge is 0.410 e. The highest BCUT2D eigenvalue weighted by atomic mass is 19.1. The average Bonchev–Trinajstić information content (AvgIpc) is 3.71. The molecule has 1 amide bonds. The van der Waals surface area contributed by atoms with E-state index in [4.69, 9.17) is 9.72 Å². The number of ether oxygens (including phenoxy) is 1. The van der Waals surface area contributed by atoms with E-state index >= 15 is 0 Å². The van der Waals surface area contributed by atoms with Crippen LogP contribution in [0.2, 0.25) is 0 Å². The van der Waals surface area contributed by atoms with Gasteiger partial charge in [-0.3, -0.25) is 4.98 Å². The largest absolute Gasteiger partial charge is 0.444 e. The van der Waals surface area contributed by atoms with Gasteiger partial charge in [-0.05, 0) is 90.2 Å². The van der Waals surface area contributed by atoms with Crippen molar-refractivity contribution >= 4 is 17.7 Å². The maximum Gasteiger partial charge on any atom is 0.410 e. The maximum absolute atomic E-state index is 14.3. The Morgan fingerprint density at radius 1 is 1.02 bits per heavy atom. The molecular formula is C32H43FN10O2. The summed E-state index contributed by atoms with van der Waals surface area (Å²) >= 11 is 0. The molecule has 0 spiro atoms. The Morgan fingerprint density at radius 2 is 1.78 bits per heavy atom. The Morgan fingerprint density at radius 3 is 2.47 bits per heavy atom. The molecule has 2 bridgehead atoms. The van der Waals surface area contributed by atoms with Gasteiger partial charge in [0.15, 0.2) is 5.82 Å². The summed E-state index contributed by atoms with van der Waals surface area (Å²) in [6.45, 7) is 11.7. The highest BCUT2D eigenvalue weighted by Crippen LogP contribution is 2.69. The van der Waals surface area contributed by atoms with Crippen LogP contribution in [0.25, 0.3) is 11.4 Å². The summed E-state index contributed by atoms with van der Waals surface area (Å²) < 4.78 is 21.9. The van der Waals surface area contributed by atoms with Gasteiger partial charge in [0, 0.05) is 32.7 Å². The fourth-order valence-corrected chi connectivity index (χ4v) is 7.49. The van der Waals surface area contributed by atoms with Gasteiger partial charge < -0.3 is 19.4 Å². The Kier molecular flexibility index (Phi) is 7.39. The maximum atomic E-state index is 14.3. The molecule has 2 saturated heterocycles. The van der Waals surface area contributed by atoms with E-state index in [-0.39, 0.29) is 23.6 Å². The van der Waals surface area contributed by atoms with Gasteiger partial charge >= 0.3 is 6.09 Å². The molecule has 1 unspecified atom stereocenters. The van der Waals surface area contributed by atoms with Gasteiger partial charge in [-0.2, -0.15) is 5.10 Å². The normalized spacial score (nSPS) is 26.6. The number of carbonyl (C=O) groups is 1. The number of halogens is 1. The van der Waals surface area contributed by atoms with Crippen molar-refractivity contribution in [2.24, 2.45) is 5.41 Å². The zero-order chi connectivity index (χ0) is 31.4. The van der Waals surface area contributed by atoms with E-state index in [1.807, 2.05) is 50.9 Å². The number of anilines is 2. The first-order chi connectivity index (χ1) is 21.5. The van der Waals surface area contributed by atoms with Crippen LogP contribution in [0.5, 0.6) is 0 Å². The third-order valence-corrected chi connectivity index (χ3v) is 9.69. The lowest BCUT2D eigenvalue weighted by molar-refractivity contribution is -0.221. The second kappa shape index (κ2) is 11.2. The number of nitrogens with zero attached hydrogens (tertiary/aromatic N) is 10. The first-order valence-corrected chi connectivity index (χ1v) is 16.2. The number of hydrogen-bond donors (Lipinski definition) is 0. The summed E-state index contributed by atoms with van der Waals surface area (Å²) in [6.07, 6.45) is 10.8. The Hall–Kier alpha value is -3.90. The number of carbonyl (C=O) groups excluding carboxylic acids is 1. The van der Waals surface area contributed by atoms with Crippen LogP contribution >= 0.6 is 0 Å². The van der Waals surface area contributed by atoms with E-state index in [2.05, 4.69) is 35.3 Å². The van der Waals surface area contributed by atoms with Crippen LogP contribution in [0.4, 0.5) is 20.8 Å². The van der Waals surface area contributed by atoms with Crippen LogP contribution in [-0.4, -0.2) is 96.2 Å². The number of alkyl halides is 1. The molecule has 13 heteroatoms. The minimum atomic E-state index is -1.01. The quantitative estimate of drug-likeness (QED) is 0.347. The monoisotopic (exact) mass is 618 g/mol. The summed E-state index contributed by atoms with van der Waals surface area (Å²) in [5.41, 5.74) is 0.410. The van der Waals surface area contributed by atoms with Crippen LogP contribution in [-0.2, 0) is 4.74 Å². The molecule has 2 aliphatic heterocycles. The third-order valence-electron chi connectivity index (χ3n) is 9.69. The molecule has 8 rings (SSSR count). The molecule has 0 radical (unpaired) electrons. The summed E-state index contributed by atoms with van der Waals surface area (Å²) in [5.74, 6) is 1.64. The van der Waals surface area contributed by atoms with E-state index in [1.54, 1.807) is 17.1 Å². The van der Waals surface area contributed by atoms with Crippen LogP contribution in [0.3, 0.4) is 0 Å². The topological polar surface area (TPSA) is 118 Å². The lowest BCUT2D eigenvalue weighted by Crippen LogP contribution is -2.69. The van der Waals surface area contributed by atoms with E-state index in [0.717, 1.165) is 49.8 Å². The molecule has 2 atom stereocenters. The molecule has 0 N–H and O–H groups in total. The fourth-order valence-electron chi connectivity index (χ4n) is 7.49. The molecule has 3 saturated carbocycles. The number of aromatic nitrogens is 7. The lowest BCUT2D eigenvalue weighted by Gasteiger charge is -2.67. The SMILES string of the molecule is CC(c1ccc(N2CCC[C@@H](N(CC34CC(F)(C3)C4)C(=O)OC(C)(C)C)C2)nn1)n1cc(-c2cncc(N3CCCC3)n2)nn1. The summed E-state index contributed by atoms with van der Waals surface area (Å²) in [6, 6.07) is 3.72. The summed E-state index contributed by atoms with van der Waals surface area (Å²) in [7, 11) is 0. The van der Waals surface area contributed by atoms with Gasteiger partial charge in [-0.15, -0.1) is 10.2 Å².